The lowest BCUT2D eigenvalue weighted by Gasteiger charge is -2.18. The van der Waals surface area contributed by atoms with Gasteiger partial charge in [0, 0.05) is 18.9 Å². The van der Waals surface area contributed by atoms with E-state index in [1.165, 1.54) is 19.3 Å². The number of hydrogen-bond acceptors (Lipinski definition) is 5. The van der Waals surface area contributed by atoms with Gasteiger partial charge in [-0.05, 0) is 42.8 Å². The van der Waals surface area contributed by atoms with Crippen LogP contribution in [0.4, 0.5) is 4.39 Å². The second-order valence-electron chi connectivity index (χ2n) is 5.03. The predicted molar refractivity (Wildman–Crippen MR) is 88.0 cm³/mol. The summed E-state index contributed by atoms with van der Waals surface area (Å²) in [5.41, 5.74) is 0.348. The molecule has 0 bridgehead atoms. The van der Waals surface area contributed by atoms with Gasteiger partial charge in [-0.15, -0.1) is 0 Å². The van der Waals surface area contributed by atoms with E-state index >= 15 is 0 Å². The molecular formula is C15H17FN2O4S2. The highest BCUT2D eigenvalue weighted by Gasteiger charge is 2.30. The van der Waals surface area contributed by atoms with Crippen LogP contribution in [-0.4, -0.2) is 34.1 Å². The molecule has 2 aromatic rings. The minimum Gasteiger partial charge on any atom is -0.264 e. The minimum absolute atomic E-state index is 0.0894. The van der Waals surface area contributed by atoms with Gasteiger partial charge in [-0.2, -0.15) is 0 Å². The van der Waals surface area contributed by atoms with E-state index in [4.69, 9.17) is 0 Å². The summed E-state index contributed by atoms with van der Waals surface area (Å²) in [6.45, 7) is 1.12. The number of hydrogen-bond donors (Lipinski definition) is 1. The number of nitrogens with one attached hydrogen (secondary N) is 1. The first-order valence-corrected chi connectivity index (χ1v) is 10.3. The van der Waals surface area contributed by atoms with E-state index in [9.17, 15) is 21.2 Å². The first-order chi connectivity index (χ1) is 11.3. The van der Waals surface area contributed by atoms with Crippen LogP contribution in [0.15, 0.2) is 53.7 Å². The number of nitrogens with zero attached hydrogens (tertiary/aromatic N) is 1. The van der Waals surface area contributed by atoms with Gasteiger partial charge in [-0.3, -0.25) is 4.98 Å². The van der Waals surface area contributed by atoms with Crippen molar-refractivity contribution in [1.82, 2.24) is 9.71 Å². The van der Waals surface area contributed by atoms with E-state index in [0.717, 1.165) is 24.3 Å². The molecule has 0 fully saturated rings. The van der Waals surface area contributed by atoms with Crippen LogP contribution in [0.3, 0.4) is 0 Å². The Hall–Kier alpha value is -1.84. The van der Waals surface area contributed by atoms with Gasteiger partial charge in [0.25, 0.3) is 0 Å². The van der Waals surface area contributed by atoms with Crippen LogP contribution < -0.4 is 4.72 Å². The zero-order valence-electron chi connectivity index (χ0n) is 12.9. The summed E-state index contributed by atoms with van der Waals surface area (Å²) < 4.78 is 64.4. The maximum atomic E-state index is 13.1. The Balaban J connectivity index is 2.43. The molecule has 0 aliphatic heterocycles. The molecule has 1 N–H and O–H groups in total. The lowest BCUT2D eigenvalue weighted by molar-refractivity contribution is 0.569. The van der Waals surface area contributed by atoms with Crippen molar-refractivity contribution in [1.29, 1.82) is 0 Å². The standard InChI is InChI=1S/C15H17FN2O4S2/c1-2-23(19,20)18-11-15(12-4-3-9-17-10-12)24(21,22)14-7-5-13(16)6-8-14/h3-10,15,18H,2,11H2,1H3/t15-/m0/s1. The molecule has 1 aromatic heterocycles. The molecule has 1 heterocycles. The Labute approximate surface area is 140 Å². The number of pyridine rings is 1. The van der Waals surface area contributed by atoms with Gasteiger partial charge < -0.3 is 0 Å². The van der Waals surface area contributed by atoms with Crippen LogP contribution in [0, 0.1) is 5.82 Å². The Bertz CT molecular complexity index is 883. The van der Waals surface area contributed by atoms with E-state index in [1.807, 2.05) is 0 Å². The van der Waals surface area contributed by atoms with E-state index < -0.39 is 30.9 Å². The van der Waals surface area contributed by atoms with E-state index in [2.05, 4.69) is 9.71 Å². The summed E-state index contributed by atoms with van der Waals surface area (Å²) in [7, 11) is -7.50. The molecular weight excluding hydrogens is 355 g/mol. The van der Waals surface area contributed by atoms with Crippen LogP contribution in [-0.2, 0) is 19.9 Å². The van der Waals surface area contributed by atoms with Gasteiger partial charge in [0.15, 0.2) is 9.84 Å². The van der Waals surface area contributed by atoms with E-state index in [-0.39, 0.29) is 17.2 Å². The summed E-state index contributed by atoms with van der Waals surface area (Å²) in [4.78, 5) is 3.80. The van der Waals surface area contributed by atoms with E-state index in [0.29, 0.717) is 5.56 Å². The second kappa shape index (κ2) is 7.37. The van der Waals surface area contributed by atoms with Crippen LogP contribution in [0.2, 0.25) is 0 Å². The summed E-state index contributed by atoms with van der Waals surface area (Å²) in [5.74, 6) is -0.720. The smallest absolute Gasteiger partial charge is 0.211 e. The maximum absolute atomic E-state index is 13.1. The quantitative estimate of drug-likeness (QED) is 0.747. The molecule has 0 radical (unpaired) electrons. The van der Waals surface area contributed by atoms with Crippen LogP contribution in [0.5, 0.6) is 0 Å². The average Bonchev–Trinajstić information content (AvgIpc) is 2.56. The van der Waals surface area contributed by atoms with Crippen molar-refractivity contribution in [3.05, 3.63) is 60.2 Å². The maximum Gasteiger partial charge on any atom is 0.211 e. The normalized spacial score (nSPS) is 13.6. The topological polar surface area (TPSA) is 93.2 Å². The fourth-order valence-corrected chi connectivity index (χ4v) is 4.44. The zero-order chi connectivity index (χ0) is 17.8. The summed E-state index contributed by atoms with van der Waals surface area (Å²) in [6, 6.07) is 7.52. The van der Waals surface area contributed by atoms with Gasteiger partial charge in [-0.1, -0.05) is 6.07 Å². The van der Waals surface area contributed by atoms with Crippen molar-refractivity contribution in [2.75, 3.05) is 12.3 Å². The monoisotopic (exact) mass is 372 g/mol. The van der Waals surface area contributed by atoms with Gasteiger partial charge in [0.2, 0.25) is 10.0 Å². The van der Waals surface area contributed by atoms with Gasteiger partial charge in [0.1, 0.15) is 11.1 Å². The number of benzene rings is 1. The Morgan fingerprint density at radius 3 is 2.33 bits per heavy atom. The van der Waals surface area contributed by atoms with Crippen LogP contribution >= 0.6 is 0 Å². The Morgan fingerprint density at radius 1 is 1.12 bits per heavy atom. The van der Waals surface area contributed by atoms with Crippen molar-refractivity contribution >= 4 is 19.9 Å². The molecule has 1 aromatic carbocycles. The molecule has 0 saturated carbocycles. The molecule has 130 valence electrons. The fourth-order valence-electron chi connectivity index (χ4n) is 2.07. The van der Waals surface area contributed by atoms with E-state index in [1.54, 1.807) is 12.1 Å². The number of aromatic nitrogens is 1. The molecule has 9 heteroatoms. The average molecular weight is 372 g/mol. The molecule has 0 amide bonds. The molecule has 0 aliphatic carbocycles. The molecule has 0 spiro atoms. The summed E-state index contributed by atoms with van der Waals surface area (Å²) in [6.07, 6.45) is 2.85. The number of sulfone groups is 1. The molecule has 0 unspecified atom stereocenters. The molecule has 1 atom stereocenters. The number of rotatable bonds is 7. The second-order valence-corrected chi connectivity index (χ2v) is 9.25. The van der Waals surface area contributed by atoms with Crippen molar-refractivity contribution < 1.29 is 21.2 Å². The first kappa shape index (κ1) is 18.5. The third kappa shape index (κ3) is 4.37. The van der Waals surface area contributed by atoms with Gasteiger partial charge >= 0.3 is 0 Å². The molecule has 6 nitrogen and oxygen atoms in total. The molecule has 24 heavy (non-hydrogen) atoms. The lowest BCUT2D eigenvalue weighted by Crippen LogP contribution is -2.33. The minimum atomic E-state index is -3.94. The van der Waals surface area contributed by atoms with Gasteiger partial charge in [-0.25, -0.2) is 25.9 Å². The Kier molecular flexibility index (Phi) is 5.68. The number of halogens is 1. The third-order valence-electron chi connectivity index (χ3n) is 3.44. The summed E-state index contributed by atoms with van der Waals surface area (Å²) in [5, 5.41) is -1.17. The lowest BCUT2D eigenvalue weighted by atomic mass is 10.2. The van der Waals surface area contributed by atoms with Crippen LogP contribution in [0.25, 0.3) is 0 Å². The highest BCUT2D eigenvalue weighted by molar-refractivity contribution is 7.92. The fraction of sp³-hybridized carbons (Fsp3) is 0.267. The zero-order valence-corrected chi connectivity index (χ0v) is 14.5. The number of sulfonamides is 1. The van der Waals surface area contributed by atoms with Crippen molar-refractivity contribution in [3.63, 3.8) is 0 Å². The SMILES string of the molecule is CCS(=O)(=O)NC[C@@H](c1cccnc1)S(=O)(=O)c1ccc(F)cc1. The Morgan fingerprint density at radius 2 is 1.79 bits per heavy atom. The molecule has 0 aliphatic rings. The van der Waals surface area contributed by atoms with Crippen LogP contribution in [0.1, 0.15) is 17.7 Å². The highest BCUT2D eigenvalue weighted by atomic mass is 32.2. The first-order valence-electron chi connectivity index (χ1n) is 7.13. The largest absolute Gasteiger partial charge is 0.264 e. The highest BCUT2D eigenvalue weighted by Crippen LogP contribution is 2.28. The van der Waals surface area contributed by atoms with Crippen molar-refractivity contribution in [3.8, 4) is 0 Å². The molecule has 0 saturated heterocycles. The van der Waals surface area contributed by atoms with Crippen molar-refractivity contribution in [2.24, 2.45) is 0 Å². The predicted octanol–water partition coefficient (Wildman–Crippen LogP) is 1.68. The van der Waals surface area contributed by atoms with Gasteiger partial charge in [0.05, 0.1) is 10.6 Å². The molecule has 2 rings (SSSR count). The van der Waals surface area contributed by atoms with Crippen molar-refractivity contribution in [2.45, 2.75) is 17.1 Å². The third-order valence-corrected chi connectivity index (χ3v) is 6.93. The summed E-state index contributed by atoms with van der Waals surface area (Å²) >= 11 is 0.